The number of amides is 2. The van der Waals surface area contributed by atoms with Crippen molar-refractivity contribution >= 4 is 17.5 Å². The summed E-state index contributed by atoms with van der Waals surface area (Å²) < 4.78 is 5.64. The monoisotopic (exact) mass is 269 g/mol. The van der Waals surface area contributed by atoms with Gasteiger partial charge < -0.3 is 4.74 Å². The average Bonchev–Trinajstić information content (AvgIpc) is 3.09. The van der Waals surface area contributed by atoms with E-state index in [-0.39, 0.29) is 35.9 Å². The first kappa shape index (κ1) is 11.9. The summed E-state index contributed by atoms with van der Waals surface area (Å²) in [5.41, 5.74) is 2.78. The Kier molecular flexibility index (Phi) is 2.25. The molecule has 0 aromatic heterocycles. The quantitative estimate of drug-likeness (QED) is 0.576. The lowest BCUT2D eigenvalue weighted by molar-refractivity contribution is -0.124. The highest BCUT2D eigenvalue weighted by Crippen LogP contribution is 2.46. The molecule has 0 radical (unpaired) electrons. The number of aryl methyl sites for hydroxylation is 1. The van der Waals surface area contributed by atoms with Crippen molar-refractivity contribution in [3.63, 3.8) is 0 Å². The number of ether oxygens (including phenoxy) is 1. The highest BCUT2D eigenvalue weighted by molar-refractivity contribution is 6.23. The molecule has 0 spiro atoms. The van der Waals surface area contributed by atoms with E-state index in [0.29, 0.717) is 5.69 Å². The second kappa shape index (κ2) is 3.79. The van der Waals surface area contributed by atoms with Crippen molar-refractivity contribution in [3.8, 4) is 0 Å². The van der Waals surface area contributed by atoms with Crippen LogP contribution < -0.4 is 4.90 Å². The minimum absolute atomic E-state index is 0.120. The van der Waals surface area contributed by atoms with Crippen LogP contribution in [-0.4, -0.2) is 24.0 Å². The summed E-state index contributed by atoms with van der Waals surface area (Å²) in [5.74, 6) is -0.911. The molecule has 4 nitrogen and oxygen atoms in total. The van der Waals surface area contributed by atoms with E-state index < -0.39 is 0 Å². The van der Waals surface area contributed by atoms with Crippen LogP contribution in [0, 0.1) is 25.7 Å². The SMILES string of the molecule is Cc1cccc(N2C(=O)[C@@H]3[C@H](C2=O)[C@H]2C=C[C@H]3O2)c1C. The first-order valence-corrected chi connectivity index (χ1v) is 6.87. The van der Waals surface area contributed by atoms with Crippen LogP contribution in [0.25, 0.3) is 0 Å². The number of rotatable bonds is 1. The number of carbonyl (C=O) groups is 2. The molecule has 0 saturated carbocycles. The predicted octanol–water partition coefficient (Wildman–Crippen LogP) is 1.75. The molecule has 3 aliphatic rings. The highest BCUT2D eigenvalue weighted by atomic mass is 16.5. The van der Waals surface area contributed by atoms with Crippen molar-refractivity contribution in [2.24, 2.45) is 11.8 Å². The molecule has 4 atom stereocenters. The third-order valence-electron chi connectivity index (χ3n) is 4.73. The molecular formula is C16H15NO3. The summed E-state index contributed by atoms with van der Waals surface area (Å²) in [5, 5.41) is 0. The van der Waals surface area contributed by atoms with Crippen molar-refractivity contribution in [2.75, 3.05) is 4.90 Å². The Hall–Kier alpha value is -1.94. The van der Waals surface area contributed by atoms with E-state index in [0.717, 1.165) is 11.1 Å². The van der Waals surface area contributed by atoms with Crippen molar-refractivity contribution in [3.05, 3.63) is 41.5 Å². The lowest BCUT2D eigenvalue weighted by Crippen LogP contribution is -2.35. The fourth-order valence-electron chi connectivity index (χ4n) is 3.52. The molecule has 102 valence electrons. The first-order chi connectivity index (χ1) is 9.59. The molecule has 0 unspecified atom stereocenters. The molecule has 3 heterocycles. The fraction of sp³-hybridized carbons (Fsp3) is 0.375. The van der Waals surface area contributed by atoms with E-state index in [1.165, 1.54) is 4.90 Å². The molecule has 0 N–H and O–H groups in total. The van der Waals surface area contributed by atoms with E-state index in [4.69, 9.17) is 4.74 Å². The summed E-state index contributed by atoms with van der Waals surface area (Å²) >= 11 is 0. The van der Waals surface area contributed by atoms with Gasteiger partial charge in [-0.3, -0.25) is 9.59 Å². The maximum atomic E-state index is 12.6. The number of nitrogens with zero attached hydrogens (tertiary/aromatic N) is 1. The number of imide groups is 1. The Morgan fingerprint density at radius 3 is 2.20 bits per heavy atom. The third kappa shape index (κ3) is 1.29. The van der Waals surface area contributed by atoms with Crippen molar-refractivity contribution in [2.45, 2.75) is 26.1 Å². The van der Waals surface area contributed by atoms with Crippen LogP contribution in [0.5, 0.6) is 0 Å². The van der Waals surface area contributed by atoms with E-state index in [1.54, 1.807) is 0 Å². The zero-order valence-corrected chi connectivity index (χ0v) is 11.4. The van der Waals surface area contributed by atoms with Gasteiger partial charge in [-0.1, -0.05) is 24.3 Å². The van der Waals surface area contributed by atoms with Gasteiger partial charge in [0.25, 0.3) is 0 Å². The van der Waals surface area contributed by atoms with Gasteiger partial charge in [0.1, 0.15) is 0 Å². The van der Waals surface area contributed by atoms with Crippen molar-refractivity contribution in [1.29, 1.82) is 0 Å². The minimum atomic E-state index is -0.336. The third-order valence-corrected chi connectivity index (χ3v) is 4.73. The van der Waals surface area contributed by atoms with Crippen LogP contribution in [0.15, 0.2) is 30.4 Å². The molecule has 20 heavy (non-hydrogen) atoms. The smallest absolute Gasteiger partial charge is 0.240 e. The molecule has 2 fully saturated rings. The van der Waals surface area contributed by atoms with Gasteiger partial charge in [0, 0.05) is 0 Å². The lowest BCUT2D eigenvalue weighted by Gasteiger charge is -2.20. The van der Waals surface area contributed by atoms with Gasteiger partial charge >= 0.3 is 0 Å². The van der Waals surface area contributed by atoms with Crippen molar-refractivity contribution in [1.82, 2.24) is 0 Å². The van der Waals surface area contributed by atoms with Crippen molar-refractivity contribution < 1.29 is 14.3 Å². The van der Waals surface area contributed by atoms with Gasteiger partial charge in [0.2, 0.25) is 11.8 Å². The second-order valence-corrected chi connectivity index (χ2v) is 5.73. The number of fused-ring (bicyclic) bond motifs is 5. The molecule has 1 aromatic rings. The number of hydrogen-bond acceptors (Lipinski definition) is 3. The molecule has 2 bridgehead atoms. The lowest BCUT2D eigenvalue weighted by atomic mass is 9.85. The Morgan fingerprint density at radius 1 is 1.00 bits per heavy atom. The Bertz CT molecular complexity index is 634. The maximum absolute atomic E-state index is 12.6. The second-order valence-electron chi connectivity index (χ2n) is 5.73. The molecule has 4 rings (SSSR count). The van der Waals surface area contributed by atoms with Gasteiger partial charge in [-0.25, -0.2) is 4.90 Å². The zero-order valence-electron chi connectivity index (χ0n) is 11.4. The van der Waals surface area contributed by atoms with Gasteiger partial charge in [0.05, 0.1) is 29.7 Å². The topological polar surface area (TPSA) is 46.6 Å². The predicted molar refractivity (Wildman–Crippen MR) is 73.2 cm³/mol. The zero-order chi connectivity index (χ0) is 14.0. The number of hydrogen-bond donors (Lipinski definition) is 0. The Balaban J connectivity index is 1.80. The van der Waals surface area contributed by atoms with Gasteiger partial charge in [-0.2, -0.15) is 0 Å². The average molecular weight is 269 g/mol. The van der Waals surface area contributed by atoms with Crippen LogP contribution in [0.3, 0.4) is 0 Å². The van der Waals surface area contributed by atoms with Gasteiger partial charge in [-0.05, 0) is 31.0 Å². The summed E-state index contributed by atoms with van der Waals surface area (Å²) in [6.45, 7) is 3.93. The summed E-state index contributed by atoms with van der Waals surface area (Å²) in [4.78, 5) is 26.7. The molecule has 1 aromatic carbocycles. The first-order valence-electron chi connectivity index (χ1n) is 6.87. The molecule has 3 aliphatic heterocycles. The van der Waals surface area contributed by atoms with Crippen LogP contribution in [-0.2, 0) is 14.3 Å². The molecule has 4 heteroatoms. The number of carbonyl (C=O) groups excluding carboxylic acids is 2. The Morgan fingerprint density at radius 2 is 1.60 bits per heavy atom. The number of benzene rings is 1. The molecule has 0 aliphatic carbocycles. The van der Waals surface area contributed by atoms with E-state index >= 15 is 0 Å². The number of anilines is 1. The van der Waals surface area contributed by atoms with E-state index in [1.807, 2.05) is 44.2 Å². The standard InChI is InChI=1S/C16H15NO3/c1-8-4-3-5-10(9(8)2)17-15(18)13-11-6-7-12(20-11)14(13)16(17)19/h3-7,11-14H,1-2H3/t11-,12-,13-,14+/m1/s1. The summed E-state index contributed by atoms with van der Waals surface area (Å²) in [6.07, 6.45) is 3.36. The van der Waals surface area contributed by atoms with E-state index in [9.17, 15) is 9.59 Å². The van der Waals surface area contributed by atoms with Crippen LogP contribution >= 0.6 is 0 Å². The summed E-state index contributed by atoms with van der Waals surface area (Å²) in [6, 6.07) is 5.71. The van der Waals surface area contributed by atoms with Gasteiger partial charge in [-0.15, -0.1) is 0 Å². The summed E-state index contributed by atoms with van der Waals surface area (Å²) in [7, 11) is 0. The van der Waals surface area contributed by atoms with E-state index in [2.05, 4.69) is 0 Å². The molecule has 2 saturated heterocycles. The highest BCUT2D eigenvalue weighted by Gasteiger charge is 2.61. The minimum Gasteiger partial charge on any atom is -0.365 e. The maximum Gasteiger partial charge on any atom is 0.240 e. The molecule has 2 amide bonds. The van der Waals surface area contributed by atoms with Crippen LogP contribution in [0.1, 0.15) is 11.1 Å². The largest absolute Gasteiger partial charge is 0.365 e. The van der Waals surface area contributed by atoms with Crippen LogP contribution in [0.2, 0.25) is 0 Å². The van der Waals surface area contributed by atoms with Crippen LogP contribution in [0.4, 0.5) is 5.69 Å². The Labute approximate surface area is 117 Å². The van der Waals surface area contributed by atoms with Gasteiger partial charge in [0.15, 0.2) is 0 Å². The normalized spacial score (nSPS) is 34.2. The fourth-order valence-corrected chi connectivity index (χ4v) is 3.52. The molecular weight excluding hydrogens is 254 g/mol.